The van der Waals surface area contributed by atoms with Crippen LogP contribution in [0.1, 0.15) is 19.2 Å². The van der Waals surface area contributed by atoms with E-state index in [-0.39, 0.29) is 5.56 Å². The molecule has 1 atom stereocenters. The van der Waals surface area contributed by atoms with E-state index in [1.165, 1.54) is 6.42 Å². The van der Waals surface area contributed by atoms with E-state index in [1.807, 2.05) is 42.1 Å². The zero-order chi connectivity index (χ0) is 17.2. The van der Waals surface area contributed by atoms with Crippen molar-refractivity contribution in [2.45, 2.75) is 25.1 Å². The normalized spacial score (nSPS) is 19.2. The maximum absolute atomic E-state index is 12.4. The summed E-state index contributed by atoms with van der Waals surface area (Å²) in [5.74, 6) is 1.82. The van der Waals surface area contributed by atoms with Crippen LogP contribution in [0.4, 0.5) is 0 Å². The highest BCUT2D eigenvalue weighted by atomic mass is 32.2. The number of rotatable bonds is 3. The molecule has 6 nitrogen and oxygen atoms in total. The Bertz CT molecular complexity index is 920. The molecule has 0 amide bonds. The van der Waals surface area contributed by atoms with E-state index in [1.54, 1.807) is 10.9 Å². The van der Waals surface area contributed by atoms with Crippen molar-refractivity contribution >= 4 is 22.8 Å². The second kappa shape index (κ2) is 7.01. The molecule has 0 spiro atoms. The number of fused-ring (bicyclic) bond motifs is 1. The lowest BCUT2D eigenvalue weighted by atomic mass is 10.3. The van der Waals surface area contributed by atoms with Gasteiger partial charge >= 0.3 is 0 Å². The van der Waals surface area contributed by atoms with Crippen molar-refractivity contribution in [1.29, 1.82) is 0 Å². The third kappa shape index (κ3) is 3.48. The molecule has 1 aromatic carbocycles. The van der Waals surface area contributed by atoms with Crippen LogP contribution in [0.5, 0.6) is 0 Å². The van der Waals surface area contributed by atoms with E-state index in [9.17, 15) is 4.79 Å². The van der Waals surface area contributed by atoms with Gasteiger partial charge < -0.3 is 4.98 Å². The fourth-order valence-corrected chi connectivity index (χ4v) is 4.15. The van der Waals surface area contributed by atoms with Crippen LogP contribution in [0.2, 0.25) is 0 Å². The Balaban J connectivity index is 1.67. The second-order valence-corrected chi connectivity index (χ2v) is 7.93. The summed E-state index contributed by atoms with van der Waals surface area (Å²) in [4.78, 5) is 22.4. The third-order valence-electron chi connectivity index (χ3n) is 4.52. The summed E-state index contributed by atoms with van der Waals surface area (Å²) < 4.78 is 1.73. The molecule has 0 aliphatic carbocycles. The molecule has 1 N–H and O–H groups in total. The van der Waals surface area contributed by atoms with Crippen molar-refractivity contribution in [3.63, 3.8) is 0 Å². The molecular weight excluding hydrogens is 334 g/mol. The number of thioether (sulfide) groups is 1. The smallest absolute Gasteiger partial charge is 0.262 e. The predicted octanol–water partition coefficient (Wildman–Crippen LogP) is 2.44. The lowest BCUT2D eigenvalue weighted by Gasteiger charge is -2.18. The fourth-order valence-electron chi connectivity index (χ4n) is 3.11. The van der Waals surface area contributed by atoms with Crippen LogP contribution < -0.4 is 5.56 Å². The van der Waals surface area contributed by atoms with E-state index >= 15 is 0 Å². The van der Waals surface area contributed by atoms with Gasteiger partial charge in [-0.3, -0.25) is 9.69 Å². The molecule has 1 aliphatic heterocycles. The van der Waals surface area contributed by atoms with Crippen LogP contribution >= 0.6 is 11.8 Å². The molecule has 7 heteroatoms. The maximum atomic E-state index is 12.4. The quantitative estimate of drug-likeness (QED) is 0.782. The Morgan fingerprint density at radius 1 is 1.28 bits per heavy atom. The number of benzene rings is 1. The van der Waals surface area contributed by atoms with Gasteiger partial charge in [-0.2, -0.15) is 16.9 Å². The lowest BCUT2D eigenvalue weighted by Crippen LogP contribution is -2.28. The Morgan fingerprint density at radius 3 is 2.96 bits per heavy atom. The summed E-state index contributed by atoms with van der Waals surface area (Å²) in [6, 6.07) is 9.78. The molecular formula is C18H21N5OS. The topological polar surface area (TPSA) is 66.8 Å². The average Bonchev–Trinajstić information content (AvgIpc) is 2.94. The first-order chi connectivity index (χ1) is 12.2. The standard InChI is InChI=1S/C18H21N5OS/c1-13-7-8-22(9-10-25-13)12-16-20-17-15(18(24)21-16)11-19-23(17)14-5-3-2-4-6-14/h2-6,11,13H,7-10,12H2,1H3,(H,20,21,24). The predicted molar refractivity (Wildman–Crippen MR) is 101 cm³/mol. The second-order valence-electron chi connectivity index (χ2n) is 6.39. The SMILES string of the molecule is CC1CCN(Cc2nc3c(cnn3-c3ccccc3)c(=O)[nH]2)CCS1. The van der Waals surface area contributed by atoms with Crippen molar-refractivity contribution in [2.24, 2.45) is 0 Å². The first-order valence-electron chi connectivity index (χ1n) is 8.57. The molecule has 1 aliphatic rings. The van der Waals surface area contributed by atoms with Gasteiger partial charge in [0.25, 0.3) is 5.56 Å². The van der Waals surface area contributed by atoms with E-state index in [0.717, 1.165) is 24.5 Å². The number of hydrogen-bond donors (Lipinski definition) is 1. The van der Waals surface area contributed by atoms with Gasteiger partial charge in [0, 0.05) is 17.5 Å². The maximum Gasteiger partial charge on any atom is 0.262 e. The highest BCUT2D eigenvalue weighted by molar-refractivity contribution is 7.99. The lowest BCUT2D eigenvalue weighted by molar-refractivity contribution is 0.276. The number of H-pyrrole nitrogens is 1. The van der Waals surface area contributed by atoms with Crippen molar-refractivity contribution in [3.05, 3.63) is 52.7 Å². The van der Waals surface area contributed by atoms with Gasteiger partial charge in [0.15, 0.2) is 5.65 Å². The number of nitrogens with zero attached hydrogens (tertiary/aromatic N) is 4. The first-order valence-corrected chi connectivity index (χ1v) is 9.62. The molecule has 25 heavy (non-hydrogen) atoms. The third-order valence-corrected chi connectivity index (χ3v) is 5.75. The molecule has 3 heterocycles. The number of aromatic amines is 1. The van der Waals surface area contributed by atoms with Crippen LogP contribution in [-0.2, 0) is 6.54 Å². The molecule has 0 bridgehead atoms. The molecule has 0 radical (unpaired) electrons. The molecule has 0 saturated carbocycles. The van der Waals surface area contributed by atoms with Crippen molar-refractivity contribution < 1.29 is 0 Å². The largest absolute Gasteiger partial charge is 0.309 e. The summed E-state index contributed by atoms with van der Waals surface area (Å²) in [5, 5.41) is 5.57. The average molecular weight is 355 g/mol. The van der Waals surface area contributed by atoms with Gasteiger partial charge in [0.05, 0.1) is 18.4 Å². The minimum absolute atomic E-state index is 0.125. The van der Waals surface area contributed by atoms with Crippen molar-refractivity contribution in [2.75, 3.05) is 18.8 Å². The number of aromatic nitrogens is 4. The van der Waals surface area contributed by atoms with Crippen LogP contribution in [0.3, 0.4) is 0 Å². The van der Waals surface area contributed by atoms with Gasteiger partial charge in [-0.05, 0) is 25.1 Å². The Kier molecular flexibility index (Phi) is 4.59. The zero-order valence-corrected chi connectivity index (χ0v) is 15.0. The highest BCUT2D eigenvalue weighted by Gasteiger charge is 2.17. The van der Waals surface area contributed by atoms with Gasteiger partial charge in [-0.15, -0.1) is 0 Å². The zero-order valence-electron chi connectivity index (χ0n) is 14.2. The van der Waals surface area contributed by atoms with Gasteiger partial charge in [0.2, 0.25) is 0 Å². The Hall–Kier alpha value is -2.12. The highest BCUT2D eigenvalue weighted by Crippen LogP contribution is 2.20. The van der Waals surface area contributed by atoms with Crippen molar-refractivity contribution in [1.82, 2.24) is 24.6 Å². The first kappa shape index (κ1) is 16.4. The van der Waals surface area contributed by atoms with Gasteiger partial charge in [-0.25, -0.2) is 9.67 Å². The van der Waals surface area contributed by atoms with Gasteiger partial charge in [0.1, 0.15) is 11.2 Å². The minimum Gasteiger partial charge on any atom is -0.309 e. The molecule has 130 valence electrons. The molecule has 3 aromatic rings. The number of para-hydroxylation sites is 1. The molecule has 1 unspecified atom stereocenters. The van der Waals surface area contributed by atoms with Crippen LogP contribution in [-0.4, -0.2) is 48.7 Å². The molecule has 1 fully saturated rings. The summed E-state index contributed by atoms with van der Waals surface area (Å²) in [6.45, 7) is 5.00. The van der Waals surface area contributed by atoms with Crippen LogP contribution in [0, 0.1) is 0 Å². The van der Waals surface area contributed by atoms with Crippen molar-refractivity contribution in [3.8, 4) is 5.69 Å². The summed E-state index contributed by atoms with van der Waals surface area (Å²) in [7, 11) is 0. The van der Waals surface area contributed by atoms with Crippen LogP contribution in [0.25, 0.3) is 16.7 Å². The minimum atomic E-state index is -0.125. The Labute approximate surface area is 150 Å². The van der Waals surface area contributed by atoms with E-state index in [2.05, 4.69) is 21.9 Å². The van der Waals surface area contributed by atoms with E-state index in [0.29, 0.717) is 28.7 Å². The summed E-state index contributed by atoms with van der Waals surface area (Å²) >= 11 is 2.01. The number of nitrogens with one attached hydrogen (secondary N) is 1. The van der Waals surface area contributed by atoms with Crippen LogP contribution in [0.15, 0.2) is 41.3 Å². The fraction of sp³-hybridized carbons (Fsp3) is 0.389. The molecule has 4 rings (SSSR count). The Morgan fingerprint density at radius 2 is 2.12 bits per heavy atom. The monoisotopic (exact) mass is 355 g/mol. The van der Waals surface area contributed by atoms with Gasteiger partial charge in [-0.1, -0.05) is 25.1 Å². The van der Waals surface area contributed by atoms with E-state index < -0.39 is 0 Å². The summed E-state index contributed by atoms with van der Waals surface area (Å²) in [6.07, 6.45) is 2.75. The molecule has 2 aromatic heterocycles. The summed E-state index contributed by atoms with van der Waals surface area (Å²) in [5.41, 5.74) is 1.39. The molecule has 1 saturated heterocycles. The number of hydrogen-bond acceptors (Lipinski definition) is 5. The van der Waals surface area contributed by atoms with E-state index in [4.69, 9.17) is 4.98 Å².